The number of nitrogens with zero attached hydrogens (tertiary/aromatic N) is 3. The summed E-state index contributed by atoms with van der Waals surface area (Å²) in [6.07, 6.45) is 7.77. The number of ether oxygens (including phenoxy) is 1. The van der Waals surface area contributed by atoms with Gasteiger partial charge in [0, 0.05) is 42.5 Å². The number of carbonyl (C=O) groups is 1. The second kappa shape index (κ2) is 8.48. The normalized spacial score (nSPS) is 10.7. The lowest BCUT2D eigenvalue weighted by Crippen LogP contribution is -2.25. The summed E-state index contributed by atoms with van der Waals surface area (Å²) in [4.78, 5) is 24.9. The predicted molar refractivity (Wildman–Crippen MR) is 112 cm³/mol. The number of pyridine rings is 1. The van der Waals surface area contributed by atoms with Gasteiger partial charge in [0.1, 0.15) is 0 Å². The van der Waals surface area contributed by atoms with Gasteiger partial charge >= 0.3 is 6.01 Å². The Kier molecular flexibility index (Phi) is 5.42. The molecule has 0 aliphatic heterocycles. The number of benzene rings is 2. The fraction of sp³-hybridized carbons (Fsp3) is 0.130. The maximum atomic E-state index is 12.5. The maximum absolute atomic E-state index is 12.5. The quantitative estimate of drug-likeness (QED) is 0.549. The minimum atomic E-state index is -0.0802. The van der Waals surface area contributed by atoms with Gasteiger partial charge < -0.3 is 10.1 Å². The summed E-state index contributed by atoms with van der Waals surface area (Å²) in [5, 5.41) is 5.01. The van der Waals surface area contributed by atoms with Gasteiger partial charge in [0.25, 0.3) is 5.91 Å². The van der Waals surface area contributed by atoms with Crippen molar-refractivity contribution in [2.75, 3.05) is 13.7 Å². The molecule has 0 aliphatic rings. The van der Waals surface area contributed by atoms with Crippen molar-refractivity contribution in [1.82, 2.24) is 20.3 Å². The smallest absolute Gasteiger partial charge is 0.316 e. The number of aromatic nitrogens is 3. The summed E-state index contributed by atoms with van der Waals surface area (Å²) in [6, 6.07) is 16.0. The summed E-state index contributed by atoms with van der Waals surface area (Å²) in [7, 11) is 1.54. The molecule has 6 heteroatoms. The van der Waals surface area contributed by atoms with Crippen LogP contribution in [0.25, 0.3) is 21.9 Å². The first kappa shape index (κ1) is 18.6. The zero-order chi connectivity index (χ0) is 20.1. The monoisotopic (exact) mass is 384 g/mol. The van der Waals surface area contributed by atoms with E-state index in [2.05, 4.69) is 26.3 Å². The van der Waals surface area contributed by atoms with Crippen molar-refractivity contribution in [2.45, 2.75) is 6.42 Å². The average molecular weight is 384 g/mol. The lowest BCUT2D eigenvalue weighted by molar-refractivity contribution is 0.0954. The van der Waals surface area contributed by atoms with Gasteiger partial charge in [0.05, 0.1) is 7.11 Å². The lowest BCUT2D eigenvalue weighted by Gasteiger charge is -2.08. The Morgan fingerprint density at radius 1 is 0.966 bits per heavy atom. The molecule has 1 N–H and O–H groups in total. The van der Waals surface area contributed by atoms with Gasteiger partial charge in [0.2, 0.25) is 0 Å². The number of methoxy groups -OCH3 is 1. The molecule has 144 valence electrons. The van der Waals surface area contributed by atoms with Crippen LogP contribution in [0.3, 0.4) is 0 Å². The Morgan fingerprint density at radius 3 is 2.52 bits per heavy atom. The van der Waals surface area contributed by atoms with Crippen LogP contribution in [0, 0.1) is 0 Å². The molecule has 0 saturated carbocycles. The van der Waals surface area contributed by atoms with Gasteiger partial charge in [-0.15, -0.1) is 0 Å². The van der Waals surface area contributed by atoms with Crippen LogP contribution in [0.15, 0.2) is 73.3 Å². The molecule has 0 fully saturated rings. The molecule has 29 heavy (non-hydrogen) atoms. The molecule has 4 rings (SSSR count). The number of rotatable bonds is 6. The molecule has 1 amide bonds. The van der Waals surface area contributed by atoms with Gasteiger partial charge in [-0.25, -0.2) is 9.97 Å². The molecule has 4 aromatic rings. The highest BCUT2D eigenvalue weighted by Crippen LogP contribution is 2.25. The number of amides is 1. The highest BCUT2D eigenvalue weighted by Gasteiger charge is 2.08. The molecule has 6 nitrogen and oxygen atoms in total. The van der Waals surface area contributed by atoms with E-state index in [1.165, 1.54) is 7.11 Å². The predicted octanol–water partition coefficient (Wildman–Crippen LogP) is 3.67. The van der Waals surface area contributed by atoms with E-state index in [1.54, 1.807) is 18.6 Å². The summed E-state index contributed by atoms with van der Waals surface area (Å²) in [5.74, 6) is -0.0802. The standard InChI is InChI=1S/C23H20N4O2/c1-29-23-26-14-21(15-27-23)19-5-4-18-12-20(7-6-17(18)11-19)22(28)25-10-8-16-3-2-9-24-13-16/h2-7,9,11-15H,8,10H2,1H3,(H,25,28). The first-order chi connectivity index (χ1) is 14.2. The van der Waals surface area contributed by atoms with Crippen LogP contribution in [0.4, 0.5) is 0 Å². The molecule has 0 unspecified atom stereocenters. The van der Waals surface area contributed by atoms with E-state index in [0.717, 1.165) is 33.9 Å². The molecule has 2 aromatic carbocycles. The minimum absolute atomic E-state index is 0.0802. The van der Waals surface area contributed by atoms with Crippen molar-refractivity contribution in [3.05, 3.63) is 84.4 Å². The number of hydrogen-bond donors (Lipinski definition) is 1. The fourth-order valence-electron chi connectivity index (χ4n) is 3.11. The Labute approximate surface area is 168 Å². The van der Waals surface area contributed by atoms with Crippen molar-refractivity contribution in [2.24, 2.45) is 0 Å². The van der Waals surface area contributed by atoms with Crippen molar-refractivity contribution >= 4 is 16.7 Å². The fourth-order valence-corrected chi connectivity index (χ4v) is 3.11. The molecule has 2 aromatic heterocycles. The number of carbonyl (C=O) groups excluding carboxylic acids is 1. The zero-order valence-corrected chi connectivity index (χ0v) is 16.0. The van der Waals surface area contributed by atoms with Gasteiger partial charge in [-0.1, -0.05) is 24.3 Å². The van der Waals surface area contributed by atoms with Crippen LogP contribution in [0.1, 0.15) is 15.9 Å². The summed E-state index contributed by atoms with van der Waals surface area (Å²) < 4.78 is 5.00. The first-order valence-electron chi connectivity index (χ1n) is 9.30. The van der Waals surface area contributed by atoms with Crippen LogP contribution in [-0.2, 0) is 6.42 Å². The molecular formula is C23H20N4O2. The second-order valence-corrected chi connectivity index (χ2v) is 6.60. The molecule has 0 atom stereocenters. The van der Waals surface area contributed by atoms with Crippen molar-refractivity contribution in [3.8, 4) is 17.1 Å². The highest BCUT2D eigenvalue weighted by molar-refractivity contribution is 5.99. The van der Waals surface area contributed by atoms with Gasteiger partial charge in [0.15, 0.2) is 0 Å². The summed E-state index contributed by atoms with van der Waals surface area (Å²) >= 11 is 0. The molecule has 0 radical (unpaired) electrons. The van der Waals surface area contributed by atoms with E-state index in [-0.39, 0.29) is 5.91 Å². The third-order valence-corrected chi connectivity index (χ3v) is 4.67. The molecule has 0 spiro atoms. The molecule has 0 saturated heterocycles. The van der Waals surface area contributed by atoms with Gasteiger partial charge in [-0.2, -0.15) is 0 Å². The third kappa shape index (κ3) is 4.38. The topological polar surface area (TPSA) is 77.0 Å². The van der Waals surface area contributed by atoms with Gasteiger partial charge in [-0.05, 0) is 52.6 Å². The first-order valence-corrected chi connectivity index (χ1v) is 9.30. The molecule has 0 bridgehead atoms. The van der Waals surface area contributed by atoms with E-state index >= 15 is 0 Å². The van der Waals surface area contributed by atoms with Crippen molar-refractivity contribution in [3.63, 3.8) is 0 Å². The average Bonchev–Trinajstić information content (AvgIpc) is 2.79. The van der Waals surface area contributed by atoms with E-state index in [0.29, 0.717) is 18.1 Å². The van der Waals surface area contributed by atoms with E-state index in [4.69, 9.17) is 4.74 Å². The second-order valence-electron chi connectivity index (χ2n) is 6.60. The summed E-state index contributed by atoms with van der Waals surface area (Å²) in [6.45, 7) is 0.568. The minimum Gasteiger partial charge on any atom is -0.467 e. The third-order valence-electron chi connectivity index (χ3n) is 4.67. The Bertz CT molecular complexity index is 1130. The van der Waals surface area contributed by atoms with E-state index in [1.807, 2.05) is 48.7 Å². The Balaban J connectivity index is 1.46. The highest BCUT2D eigenvalue weighted by atomic mass is 16.5. The van der Waals surface area contributed by atoms with Crippen LogP contribution in [0.2, 0.25) is 0 Å². The van der Waals surface area contributed by atoms with E-state index < -0.39 is 0 Å². The van der Waals surface area contributed by atoms with Crippen molar-refractivity contribution < 1.29 is 9.53 Å². The SMILES string of the molecule is COc1ncc(-c2ccc3cc(C(=O)NCCc4cccnc4)ccc3c2)cn1. The summed E-state index contributed by atoms with van der Waals surface area (Å²) in [5.41, 5.74) is 3.66. The van der Waals surface area contributed by atoms with E-state index in [9.17, 15) is 4.79 Å². The largest absolute Gasteiger partial charge is 0.467 e. The Hall–Kier alpha value is -3.80. The van der Waals surface area contributed by atoms with Crippen molar-refractivity contribution in [1.29, 1.82) is 0 Å². The molecule has 0 aliphatic carbocycles. The molecular weight excluding hydrogens is 364 g/mol. The van der Waals surface area contributed by atoms with Crippen LogP contribution in [0.5, 0.6) is 6.01 Å². The van der Waals surface area contributed by atoms with Crippen LogP contribution in [-0.4, -0.2) is 34.5 Å². The lowest BCUT2D eigenvalue weighted by atomic mass is 10.0. The Morgan fingerprint density at radius 2 is 1.76 bits per heavy atom. The number of nitrogens with one attached hydrogen (secondary N) is 1. The molecule has 2 heterocycles. The van der Waals surface area contributed by atoms with Crippen LogP contribution < -0.4 is 10.1 Å². The zero-order valence-electron chi connectivity index (χ0n) is 16.0. The number of hydrogen-bond acceptors (Lipinski definition) is 5. The van der Waals surface area contributed by atoms with Crippen LogP contribution >= 0.6 is 0 Å². The van der Waals surface area contributed by atoms with Gasteiger partial charge in [-0.3, -0.25) is 9.78 Å². The maximum Gasteiger partial charge on any atom is 0.316 e. The number of fused-ring (bicyclic) bond motifs is 1.